The number of ether oxygens (including phenoxy) is 1. The Hall–Kier alpha value is -1.74. The highest BCUT2D eigenvalue weighted by atomic mass is 16.5. The number of benzene rings is 1. The fourth-order valence-electron chi connectivity index (χ4n) is 1.96. The maximum atomic E-state index is 5.84. The highest BCUT2D eigenvalue weighted by molar-refractivity contribution is 5.34. The van der Waals surface area contributed by atoms with Gasteiger partial charge in [-0.3, -0.25) is 0 Å². The van der Waals surface area contributed by atoms with E-state index < -0.39 is 0 Å². The smallest absolute Gasteiger partial charge is 0.146 e. The van der Waals surface area contributed by atoms with Gasteiger partial charge in [0, 0.05) is 17.6 Å². The van der Waals surface area contributed by atoms with Crippen LogP contribution in [0.4, 0.5) is 0 Å². The van der Waals surface area contributed by atoms with Crippen LogP contribution in [0.5, 0.6) is 5.75 Å². The van der Waals surface area contributed by atoms with E-state index in [-0.39, 0.29) is 5.54 Å². The maximum absolute atomic E-state index is 5.84. The first-order valence-corrected chi connectivity index (χ1v) is 7.35. The van der Waals surface area contributed by atoms with Gasteiger partial charge in [0.05, 0.1) is 6.26 Å². The molecule has 0 amide bonds. The third-order valence-electron chi connectivity index (χ3n) is 3.50. The summed E-state index contributed by atoms with van der Waals surface area (Å²) in [5, 5.41) is 3.46. The number of hydrogen-bond donors (Lipinski definition) is 1. The van der Waals surface area contributed by atoms with Gasteiger partial charge in [-0.15, -0.1) is 0 Å². The van der Waals surface area contributed by atoms with Crippen LogP contribution in [0.15, 0.2) is 34.9 Å². The molecule has 3 heteroatoms. The van der Waals surface area contributed by atoms with Crippen molar-refractivity contribution in [3.8, 4) is 5.75 Å². The summed E-state index contributed by atoms with van der Waals surface area (Å²) in [7, 11) is 0. The summed E-state index contributed by atoms with van der Waals surface area (Å²) < 4.78 is 11.4. The van der Waals surface area contributed by atoms with Gasteiger partial charge in [0.2, 0.25) is 0 Å². The molecule has 0 unspecified atom stereocenters. The summed E-state index contributed by atoms with van der Waals surface area (Å²) in [5.74, 6) is 1.76. The largest absolute Gasteiger partial charge is 0.486 e. The maximum Gasteiger partial charge on any atom is 0.146 e. The Bertz CT molecular complexity index is 594. The van der Waals surface area contributed by atoms with Gasteiger partial charge in [0.1, 0.15) is 18.1 Å². The van der Waals surface area contributed by atoms with Crippen molar-refractivity contribution in [2.75, 3.05) is 0 Å². The Kier molecular flexibility index (Phi) is 4.73. The zero-order valence-electron chi connectivity index (χ0n) is 13.6. The molecular weight excluding hydrogens is 262 g/mol. The van der Waals surface area contributed by atoms with E-state index in [0.717, 1.165) is 23.6 Å². The van der Waals surface area contributed by atoms with E-state index in [1.165, 1.54) is 11.1 Å². The lowest BCUT2D eigenvalue weighted by Crippen LogP contribution is -2.35. The SMILES string of the molecule is Cc1ccc(OCc2occc2CNC(C)(C)C)cc1C. The van der Waals surface area contributed by atoms with Gasteiger partial charge in [-0.1, -0.05) is 6.07 Å². The minimum Gasteiger partial charge on any atom is -0.486 e. The molecule has 0 radical (unpaired) electrons. The summed E-state index contributed by atoms with van der Waals surface area (Å²) in [6, 6.07) is 8.14. The zero-order valence-corrected chi connectivity index (χ0v) is 13.6. The molecule has 0 spiro atoms. The predicted octanol–water partition coefficient (Wildman–Crippen LogP) is 4.36. The zero-order chi connectivity index (χ0) is 15.5. The Morgan fingerprint density at radius 1 is 1.10 bits per heavy atom. The molecule has 0 aliphatic heterocycles. The normalized spacial score (nSPS) is 11.7. The third kappa shape index (κ3) is 4.64. The van der Waals surface area contributed by atoms with Crippen molar-refractivity contribution in [1.82, 2.24) is 5.32 Å². The number of rotatable bonds is 5. The molecule has 0 aliphatic carbocycles. The van der Waals surface area contributed by atoms with Crippen molar-refractivity contribution in [3.05, 3.63) is 53.0 Å². The van der Waals surface area contributed by atoms with Crippen LogP contribution in [0.1, 0.15) is 43.2 Å². The minimum atomic E-state index is 0.0868. The van der Waals surface area contributed by atoms with Crippen LogP contribution in [0.2, 0.25) is 0 Å². The van der Waals surface area contributed by atoms with Gasteiger partial charge < -0.3 is 14.5 Å². The first-order chi connectivity index (χ1) is 9.85. The van der Waals surface area contributed by atoms with Crippen molar-refractivity contribution < 1.29 is 9.15 Å². The van der Waals surface area contributed by atoms with E-state index >= 15 is 0 Å². The molecule has 21 heavy (non-hydrogen) atoms. The fourth-order valence-corrected chi connectivity index (χ4v) is 1.96. The molecule has 2 rings (SSSR count). The van der Waals surface area contributed by atoms with Crippen molar-refractivity contribution in [3.63, 3.8) is 0 Å². The summed E-state index contributed by atoms with van der Waals surface area (Å²) in [6.45, 7) is 11.9. The van der Waals surface area contributed by atoms with Gasteiger partial charge in [0.15, 0.2) is 0 Å². The molecule has 0 bridgehead atoms. The second-order valence-corrected chi connectivity index (χ2v) is 6.51. The molecule has 1 aromatic heterocycles. The van der Waals surface area contributed by atoms with Crippen molar-refractivity contribution in [2.45, 2.75) is 53.3 Å². The second-order valence-electron chi connectivity index (χ2n) is 6.51. The van der Waals surface area contributed by atoms with Crippen molar-refractivity contribution in [1.29, 1.82) is 0 Å². The van der Waals surface area contributed by atoms with Gasteiger partial charge in [-0.05, 0) is 63.9 Å². The molecule has 0 atom stereocenters. The lowest BCUT2D eigenvalue weighted by Gasteiger charge is -2.20. The van der Waals surface area contributed by atoms with Crippen LogP contribution in [0.25, 0.3) is 0 Å². The molecule has 0 fully saturated rings. The molecule has 114 valence electrons. The number of furan rings is 1. The standard InChI is InChI=1S/C18H25NO2/c1-13-6-7-16(10-14(13)2)21-12-17-15(8-9-20-17)11-19-18(3,4)5/h6-10,19H,11-12H2,1-5H3. The van der Waals surface area contributed by atoms with Crippen LogP contribution >= 0.6 is 0 Å². The minimum absolute atomic E-state index is 0.0868. The van der Waals surface area contributed by atoms with Crippen molar-refractivity contribution in [2.24, 2.45) is 0 Å². The second kappa shape index (κ2) is 6.35. The van der Waals surface area contributed by atoms with Gasteiger partial charge in [-0.25, -0.2) is 0 Å². The van der Waals surface area contributed by atoms with Gasteiger partial charge in [0.25, 0.3) is 0 Å². The molecule has 1 heterocycles. The van der Waals surface area contributed by atoms with Crippen LogP contribution in [0, 0.1) is 13.8 Å². The summed E-state index contributed by atoms with van der Waals surface area (Å²) in [6.07, 6.45) is 1.72. The Morgan fingerprint density at radius 2 is 1.86 bits per heavy atom. The van der Waals surface area contributed by atoms with E-state index in [0.29, 0.717) is 6.61 Å². The topological polar surface area (TPSA) is 34.4 Å². The monoisotopic (exact) mass is 287 g/mol. The Morgan fingerprint density at radius 3 is 2.52 bits per heavy atom. The van der Waals surface area contributed by atoms with E-state index in [9.17, 15) is 0 Å². The summed E-state index contributed by atoms with van der Waals surface area (Å²) >= 11 is 0. The van der Waals surface area contributed by atoms with E-state index in [1.54, 1.807) is 6.26 Å². The van der Waals surface area contributed by atoms with E-state index in [1.807, 2.05) is 12.1 Å². The number of aryl methyl sites for hydroxylation is 2. The highest BCUT2D eigenvalue weighted by Gasteiger charge is 2.12. The molecule has 0 aliphatic rings. The molecule has 1 aromatic carbocycles. The average Bonchev–Trinajstić information content (AvgIpc) is 2.84. The summed E-state index contributed by atoms with van der Waals surface area (Å²) in [4.78, 5) is 0. The van der Waals surface area contributed by atoms with Crippen molar-refractivity contribution >= 4 is 0 Å². The first-order valence-electron chi connectivity index (χ1n) is 7.35. The van der Waals surface area contributed by atoms with Crippen LogP contribution in [0.3, 0.4) is 0 Å². The fraction of sp³-hybridized carbons (Fsp3) is 0.444. The average molecular weight is 287 g/mol. The van der Waals surface area contributed by atoms with Crippen LogP contribution in [-0.4, -0.2) is 5.54 Å². The molecular formula is C18H25NO2. The molecule has 3 nitrogen and oxygen atoms in total. The van der Waals surface area contributed by atoms with Gasteiger partial charge >= 0.3 is 0 Å². The van der Waals surface area contributed by atoms with Crippen LogP contribution < -0.4 is 10.1 Å². The lowest BCUT2D eigenvalue weighted by molar-refractivity contribution is 0.267. The molecule has 2 aromatic rings. The van der Waals surface area contributed by atoms with E-state index in [2.05, 4.69) is 52.1 Å². The Labute approximate surface area is 127 Å². The van der Waals surface area contributed by atoms with Gasteiger partial charge in [-0.2, -0.15) is 0 Å². The lowest BCUT2D eigenvalue weighted by atomic mass is 10.1. The molecule has 1 N–H and O–H groups in total. The highest BCUT2D eigenvalue weighted by Crippen LogP contribution is 2.19. The Balaban J connectivity index is 1.97. The molecule has 0 saturated carbocycles. The molecule has 0 saturated heterocycles. The quantitative estimate of drug-likeness (QED) is 0.887. The third-order valence-corrected chi connectivity index (χ3v) is 3.50. The van der Waals surface area contributed by atoms with Crippen LogP contribution in [-0.2, 0) is 13.2 Å². The first kappa shape index (κ1) is 15.6. The summed E-state index contributed by atoms with van der Waals surface area (Å²) in [5.41, 5.74) is 3.74. The number of nitrogens with one attached hydrogen (secondary N) is 1. The number of hydrogen-bond acceptors (Lipinski definition) is 3. The predicted molar refractivity (Wildman–Crippen MR) is 85.5 cm³/mol. The van der Waals surface area contributed by atoms with E-state index in [4.69, 9.17) is 9.15 Å².